The number of carbonyl (C=O) groups is 5. The van der Waals surface area contributed by atoms with Crippen LogP contribution in [0.3, 0.4) is 0 Å². The molecule has 5 atom stereocenters. The van der Waals surface area contributed by atoms with Crippen LogP contribution in [0.1, 0.15) is 46.5 Å². The molecule has 1 aliphatic rings. The van der Waals surface area contributed by atoms with Crippen LogP contribution in [-0.4, -0.2) is 91.3 Å². The van der Waals surface area contributed by atoms with Crippen LogP contribution in [0.15, 0.2) is 0 Å². The average molecular weight is 609 g/mol. The summed E-state index contributed by atoms with van der Waals surface area (Å²) in [6.07, 6.45) is -4.28. The number of ether oxygens (including phenoxy) is 7. The quantitative estimate of drug-likeness (QED) is 0.141. The number of alkyl carbamates (subject to hydrolysis) is 1. The highest BCUT2D eigenvalue weighted by Crippen LogP contribution is 2.29. The van der Waals surface area contributed by atoms with E-state index < -0.39 is 65.0 Å². The Hall–Kier alpha value is -2.06. The van der Waals surface area contributed by atoms with E-state index in [1.54, 1.807) is 0 Å². The minimum absolute atomic E-state index is 0.0958. The normalized spacial score (nSPS) is 23.1. The maximum absolute atomic E-state index is 12.5. The lowest BCUT2D eigenvalue weighted by Crippen LogP contribution is -2.66. The van der Waals surface area contributed by atoms with Crippen molar-refractivity contribution in [3.8, 4) is 0 Å². The highest BCUT2D eigenvalue weighted by molar-refractivity contribution is 6.67. The highest BCUT2D eigenvalue weighted by atomic mass is 35.6. The van der Waals surface area contributed by atoms with E-state index in [0.29, 0.717) is 19.3 Å². The lowest BCUT2D eigenvalue weighted by atomic mass is 9.96. The summed E-state index contributed by atoms with van der Waals surface area (Å²) in [5.41, 5.74) is 0. The number of hydrogen-bond donors (Lipinski definition) is 1. The van der Waals surface area contributed by atoms with Gasteiger partial charge in [-0.05, 0) is 12.8 Å². The van der Waals surface area contributed by atoms with E-state index in [1.807, 2.05) is 0 Å². The minimum Gasteiger partial charge on any atom is -0.469 e. The molecule has 1 rings (SSSR count). The molecule has 0 unspecified atom stereocenters. The third-order valence-corrected chi connectivity index (χ3v) is 5.22. The van der Waals surface area contributed by atoms with Gasteiger partial charge in [-0.15, -0.1) is 0 Å². The number of methoxy groups -OCH3 is 1. The fourth-order valence-corrected chi connectivity index (χ4v) is 3.54. The number of carbonyl (C=O) groups excluding carboxylic acids is 5. The molecule has 0 aromatic rings. The van der Waals surface area contributed by atoms with Gasteiger partial charge in [-0.25, -0.2) is 4.79 Å². The molecule has 0 saturated carbocycles. The highest BCUT2D eigenvalue weighted by Gasteiger charge is 2.51. The van der Waals surface area contributed by atoms with Gasteiger partial charge in [0.2, 0.25) is 3.79 Å². The first-order valence-electron chi connectivity index (χ1n) is 11.5. The number of rotatable bonds is 13. The summed E-state index contributed by atoms with van der Waals surface area (Å²) in [5, 5.41) is 2.44. The first-order chi connectivity index (χ1) is 17.7. The number of amides is 1. The van der Waals surface area contributed by atoms with Crippen LogP contribution in [-0.2, 0) is 52.3 Å². The SMILES string of the molecule is COC(=O)CCCCCO[C@@H]1O[C@H](COC(C)=O)[C@@H](OC(C)=O)[C@H](OC(C)=O)[C@H]1NC(=O)OCC(Cl)(Cl)Cl. The maximum Gasteiger partial charge on any atom is 0.407 e. The van der Waals surface area contributed by atoms with Gasteiger partial charge < -0.3 is 38.5 Å². The van der Waals surface area contributed by atoms with E-state index in [2.05, 4.69) is 10.1 Å². The first-order valence-corrected chi connectivity index (χ1v) is 12.7. The second kappa shape index (κ2) is 16.8. The minimum atomic E-state index is -1.90. The zero-order valence-corrected chi connectivity index (χ0v) is 23.6. The maximum atomic E-state index is 12.5. The molecule has 0 bridgehead atoms. The second-order valence-corrected chi connectivity index (χ2v) is 10.6. The molecule has 1 amide bonds. The molecule has 13 nitrogen and oxygen atoms in total. The van der Waals surface area contributed by atoms with Crippen LogP contribution in [0.2, 0.25) is 0 Å². The standard InChI is InChI=1S/C22H32Cl3NO12/c1-12(27)34-10-15-18(36-13(2)28)19(37-14(3)29)17(26-21(31)35-11-22(23,24)25)20(38-15)33-9-7-5-6-8-16(30)32-4/h15,17-20H,5-11H2,1-4H3,(H,26,31)/t15-,17-,18-,19-,20-/m1/s1. The summed E-state index contributed by atoms with van der Waals surface area (Å²) < 4.78 is 35.1. The third kappa shape index (κ3) is 13.7. The molecule has 1 N–H and O–H groups in total. The Morgan fingerprint density at radius 2 is 1.50 bits per heavy atom. The summed E-state index contributed by atoms with van der Waals surface area (Å²) in [5.74, 6) is -2.51. The van der Waals surface area contributed by atoms with Gasteiger partial charge in [0.15, 0.2) is 18.5 Å². The fourth-order valence-electron chi connectivity index (χ4n) is 3.37. The molecule has 218 valence electrons. The molecule has 1 heterocycles. The zero-order valence-electron chi connectivity index (χ0n) is 21.4. The molecule has 1 fully saturated rings. The van der Waals surface area contributed by atoms with Crippen LogP contribution in [0, 0.1) is 0 Å². The average Bonchev–Trinajstić information content (AvgIpc) is 2.80. The van der Waals surface area contributed by atoms with E-state index >= 15 is 0 Å². The van der Waals surface area contributed by atoms with Crippen molar-refractivity contribution in [1.29, 1.82) is 0 Å². The van der Waals surface area contributed by atoms with Gasteiger partial charge in [0.1, 0.15) is 25.4 Å². The number of esters is 4. The Balaban J connectivity index is 3.15. The lowest BCUT2D eigenvalue weighted by Gasteiger charge is -2.44. The Kier molecular flexibility index (Phi) is 15.0. The van der Waals surface area contributed by atoms with Crippen molar-refractivity contribution < 1.29 is 57.1 Å². The lowest BCUT2D eigenvalue weighted by molar-refractivity contribution is -0.277. The Labute approximate surface area is 234 Å². The number of halogens is 3. The molecule has 38 heavy (non-hydrogen) atoms. The molecule has 1 aliphatic heterocycles. The number of alkyl halides is 3. The molecule has 16 heteroatoms. The summed E-state index contributed by atoms with van der Waals surface area (Å²) in [6.45, 7) is 2.50. The Bertz CT molecular complexity index is 822. The molecular formula is C22H32Cl3NO12. The van der Waals surface area contributed by atoms with E-state index in [4.69, 9.17) is 63.2 Å². The van der Waals surface area contributed by atoms with Crippen LogP contribution in [0.25, 0.3) is 0 Å². The molecular weight excluding hydrogens is 577 g/mol. The summed E-state index contributed by atoms with van der Waals surface area (Å²) in [4.78, 5) is 59.0. The van der Waals surface area contributed by atoms with Crippen molar-refractivity contribution in [3.05, 3.63) is 0 Å². The molecule has 0 aromatic carbocycles. The van der Waals surface area contributed by atoms with Gasteiger partial charge in [0.25, 0.3) is 0 Å². The summed E-state index contributed by atoms with van der Waals surface area (Å²) >= 11 is 16.9. The molecule has 0 radical (unpaired) electrons. The van der Waals surface area contributed by atoms with Crippen LogP contribution in [0.4, 0.5) is 4.79 Å². The predicted molar refractivity (Wildman–Crippen MR) is 131 cm³/mol. The van der Waals surface area contributed by atoms with Crippen molar-refractivity contribution in [2.24, 2.45) is 0 Å². The van der Waals surface area contributed by atoms with Crippen molar-refractivity contribution >= 4 is 64.8 Å². The van der Waals surface area contributed by atoms with Crippen molar-refractivity contribution in [2.75, 3.05) is 26.9 Å². The monoisotopic (exact) mass is 607 g/mol. The van der Waals surface area contributed by atoms with Gasteiger partial charge in [0.05, 0.1) is 7.11 Å². The fraction of sp³-hybridized carbons (Fsp3) is 0.773. The summed E-state index contributed by atoms with van der Waals surface area (Å²) in [7, 11) is 1.30. The summed E-state index contributed by atoms with van der Waals surface area (Å²) in [6, 6.07) is -1.27. The van der Waals surface area contributed by atoms with E-state index in [0.717, 1.165) is 13.8 Å². The van der Waals surface area contributed by atoms with Crippen molar-refractivity contribution in [2.45, 2.75) is 80.9 Å². The van der Waals surface area contributed by atoms with E-state index in [1.165, 1.54) is 14.0 Å². The third-order valence-electron chi connectivity index (χ3n) is 4.89. The van der Waals surface area contributed by atoms with Gasteiger partial charge >= 0.3 is 30.0 Å². The second-order valence-electron chi connectivity index (χ2n) is 8.11. The van der Waals surface area contributed by atoms with Gasteiger partial charge in [-0.2, -0.15) is 0 Å². The number of nitrogens with one attached hydrogen (secondary N) is 1. The first kappa shape index (κ1) is 34.0. The molecule has 1 saturated heterocycles. The van der Waals surface area contributed by atoms with Gasteiger partial charge in [-0.1, -0.05) is 41.2 Å². The molecule has 0 aromatic heterocycles. The van der Waals surface area contributed by atoms with Crippen molar-refractivity contribution in [3.63, 3.8) is 0 Å². The largest absolute Gasteiger partial charge is 0.469 e. The topological polar surface area (TPSA) is 162 Å². The Morgan fingerprint density at radius 3 is 2.05 bits per heavy atom. The van der Waals surface area contributed by atoms with Crippen LogP contribution in [0.5, 0.6) is 0 Å². The van der Waals surface area contributed by atoms with Crippen LogP contribution >= 0.6 is 34.8 Å². The van der Waals surface area contributed by atoms with Crippen LogP contribution < -0.4 is 5.32 Å². The zero-order chi connectivity index (χ0) is 28.9. The molecule has 0 aliphatic carbocycles. The number of unbranched alkanes of at least 4 members (excludes halogenated alkanes) is 2. The van der Waals surface area contributed by atoms with E-state index in [9.17, 15) is 24.0 Å². The smallest absolute Gasteiger partial charge is 0.407 e. The van der Waals surface area contributed by atoms with Gasteiger partial charge in [0, 0.05) is 33.8 Å². The molecule has 0 spiro atoms. The van der Waals surface area contributed by atoms with Crippen molar-refractivity contribution in [1.82, 2.24) is 5.32 Å². The predicted octanol–water partition coefficient (Wildman–Crippen LogP) is 2.35. The van der Waals surface area contributed by atoms with Gasteiger partial charge in [-0.3, -0.25) is 19.2 Å². The number of hydrogen-bond acceptors (Lipinski definition) is 12. The van der Waals surface area contributed by atoms with E-state index in [-0.39, 0.29) is 25.6 Å². The Morgan fingerprint density at radius 1 is 0.868 bits per heavy atom.